The van der Waals surface area contributed by atoms with E-state index >= 15 is 0 Å². The number of nitrogens with one attached hydrogen (secondary N) is 2. The largest absolute Gasteiger partial charge is 0.497 e. The fourth-order valence-corrected chi connectivity index (χ4v) is 3.95. The lowest BCUT2D eigenvalue weighted by atomic mass is 10.1. The molecule has 1 heterocycles. The number of rotatable bonds is 8. The first-order valence-corrected chi connectivity index (χ1v) is 11.1. The molecule has 1 unspecified atom stereocenters. The molecule has 180 valence electrons. The van der Waals surface area contributed by atoms with Crippen molar-refractivity contribution in [3.05, 3.63) is 59.7 Å². The van der Waals surface area contributed by atoms with Crippen LogP contribution in [0.3, 0.4) is 0 Å². The van der Waals surface area contributed by atoms with Crippen molar-refractivity contribution in [1.29, 1.82) is 0 Å². The standard InChI is InChI=1S/C25H35N5O2.HI/c1-26-25(27-13-11-19-7-5-8-21(15-19)24(31)29(2)3)28-17-20-12-14-30(18-20)22-9-6-10-23(16-22)32-4;/h5-10,15-16,20H,11-14,17-18H2,1-4H3,(H2,26,27,28);1H. The first-order chi connectivity index (χ1) is 15.5. The molecule has 8 heteroatoms. The molecule has 33 heavy (non-hydrogen) atoms. The first kappa shape index (κ1) is 26.8. The van der Waals surface area contributed by atoms with Crippen LogP contribution < -0.4 is 20.3 Å². The number of amides is 1. The van der Waals surface area contributed by atoms with Gasteiger partial charge in [0.25, 0.3) is 5.91 Å². The van der Waals surface area contributed by atoms with Gasteiger partial charge in [0.1, 0.15) is 5.75 Å². The minimum absolute atomic E-state index is 0. The number of aliphatic imine (C=N–C) groups is 1. The van der Waals surface area contributed by atoms with Gasteiger partial charge in [0.15, 0.2) is 5.96 Å². The molecule has 2 N–H and O–H groups in total. The lowest BCUT2D eigenvalue weighted by Gasteiger charge is -2.20. The Morgan fingerprint density at radius 2 is 1.97 bits per heavy atom. The summed E-state index contributed by atoms with van der Waals surface area (Å²) in [5.74, 6) is 2.29. The predicted octanol–water partition coefficient (Wildman–Crippen LogP) is 3.25. The van der Waals surface area contributed by atoms with Gasteiger partial charge < -0.3 is 25.2 Å². The molecule has 1 fully saturated rings. The molecule has 1 aliphatic rings. The van der Waals surface area contributed by atoms with E-state index in [0.29, 0.717) is 5.92 Å². The molecule has 2 aromatic carbocycles. The Kier molecular flexibility index (Phi) is 10.8. The molecule has 1 atom stereocenters. The Hall–Kier alpha value is -2.49. The van der Waals surface area contributed by atoms with Gasteiger partial charge in [-0.05, 0) is 48.6 Å². The molecule has 1 aliphatic heterocycles. The van der Waals surface area contributed by atoms with Crippen molar-refractivity contribution in [3.63, 3.8) is 0 Å². The molecule has 7 nitrogen and oxygen atoms in total. The maximum absolute atomic E-state index is 12.2. The normalized spacial score (nSPS) is 15.6. The molecule has 1 saturated heterocycles. The highest BCUT2D eigenvalue weighted by Gasteiger charge is 2.23. The fourth-order valence-electron chi connectivity index (χ4n) is 3.95. The SMILES string of the molecule is CN=C(NCCc1cccc(C(=O)N(C)C)c1)NCC1CCN(c2cccc(OC)c2)C1.I. The third kappa shape index (κ3) is 7.80. The molecule has 0 radical (unpaired) electrons. The molecule has 3 rings (SSSR count). The number of hydrogen-bond acceptors (Lipinski definition) is 4. The number of guanidine groups is 1. The molecule has 0 saturated carbocycles. The van der Waals surface area contributed by atoms with Gasteiger partial charge in [0.2, 0.25) is 0 Å². The van der Waals surface area contributed by atoms with E-state index in [0.717, 1.165) is 61.9 Å². The Morgan fingerprint density at radius 3 is 2.70 bits per heavy atom. The van der Waals surface area contributed by atoms with Crippen LogP contribution in [0.2, 0.25) is 0 Å². The maximum atomic E-state index is 12.2. The zero-order valence-corrected chi connectivity index (χ0v) is 22.3. The van der Waals surface area contributed by atoms with Gasteiger partial charge >= 0.3 is 0 Å². The van der Waals surface area contributed by atoms with Gasteiger partial charge in [0.05, 0.1) is 7.11 Å². The summed E-state index contributed by atoms with van der Waals surface area (Å²) in [6.45, 7) is 3.70. The van der Waals surface area contributed by atoms with E-state index in [4.69, 9.17) is 4.74 Å². The van der Waals surface area contributed by atoms with Crippen LogP contribution in [0.25, 0.3) is 0 Å². The minimum Gasteiger partial charge on any atom is -0.497 e. The number of halogens is 1. The van der Waals surface area contributed by atoms with E-state index in [9.17, 15) is 4.79 Å². The summed E-state index contributed by atoms with van der Waals surface area (Å²) in [4.78, 5) is 20.5. The van der Waals surface area contributed by atoms with E-state index in [1.807, 2.05) is 30.3 Å². The molecule has 2 aromatic rings. The third-order valence-electron chi connectivity index (χ3n) is 5.77. The van der Waals surface area contributed by atoms with E-state index in [1.54, 1.807) is 33.2 Å². The lowest BCUT2D eigenvalue weighted by molar-refractivity contribution is 0.0827. The van der Waals surface area contributed by atoms with Crippen molar-refractivity contribution in [2.45, 2.75) is 12.8 Å². The Balaban J connectivity index is 0.00000385. The number of ether oxygens (including phenoxy) is 1. The highest BCUT2D eigenvalue weighted by Crippen LogP contribution is 2.26. The quantitative estimate of drug-likeness (QED) is 0.292. The zero-order chi connectivity index (χ0) is 22.9. The Bertz CT molecular complexity index is 935. The van der Waals surface area contributed by atoms with Gasteiger partial charge in [-0.25, -0.2) is 0 Å². The second kappa shape index (κ2) is 13.3. The summed E-state index contributed by atoms with van der Waals surface area (Å²) in [5, 5.41) is 6.85. The van der Waals surface area contributed by atoms with E-state index < -0.39 is 0 Å². The average molecular weight is 566 g/mol. The number of anilines is 1. The second-order valence-electron chi connectivity index (χ2n) is 8.33. The molecule has 1 amide bonds. The summed E-state index contributed by atoms with van der Waals surface area (Å²) < 4.78 is 5.35. The van der Waals surface area contributed by atoms with Crippen LogP contribution in [-0.4, -0.2) is 71.2 Å². The highest BCUT2D eigenvalue weighted by molar-refractivity contribution is 14.0. The van der Waals surface area contributed by atoms with Gasteiger partial charge in [-0.15, -0.1) is 24.0 Å². The molecule has 0 aromatic heterocycles. The smallest absolute Gasteiger partial charge is 0.253 e. The van der Waals surface area contributed by atoms with Crippen LogP contribution in [0.4, 0.5) is 5.69 Å². The van der Waals surface area contributed by atoms with Crippen molar-refractivity contribution in [1.82, 2.24) is 15.5 Å². The molecule has 0 bridgehead atoms. The van der Waals surface area contributed by atoms with Crippen molar-refractivity contribution in [2.24, 2.45) is 10.9 Å². The van der Waals surface area contributed by atoms with Crippen LogP contribution in [0.5, 0.6) is 5.75 Å². The van der Waals surface area contributed by atoms with E-state index in [2.05, 4.69) is 38.7 Å². The van der Waals surface area contributed by atoms with Crippen molar-refractivity contribution < 1.29 is 9.53 Å². The third-order valence-corrected chi connectivity index (χ3v) is 5.77. The monoisotopic (exact) mass is 565 g/mol. The van der Waals surface area contributed by atoms with Gasteiger partial charge in [-0.2, -0.15) is 0 Å². The van der Waals surface area contributed by atoms with E-state index in [1.165, 1.54) is 5.69 Å². The Labute approximate surface area is 214 Å². The topological polar surface area (TPSA) is 69.2 Å². The van der Waals surface area contributed by atoms with Gasteiger partial charge in [0, 0.05) is 64.6 Å². The maximum Gasteiger partial charge on any atom is 0.253 e. The fraction of sp³-hybridized carbons (Fsp3) is 0.440. The molecule has 0 aliphatic carbocycles. The molecule has 0 spiro atoms. The van der Waals surface area contributed by atoms with Crippen LogP contribution in [0.15, 0.2) is 53.5 Å². The summed E-state index contributed by atoms with van der Waals surface area (Å²) in [5.41, 5.74) is 3.06. The minimum atomic E-state index is 0. The number of carbonyl (C=O) groups excluding carboxylic acids is 1. The van der Waals surface area contributed by atoms with E-state index in [-0.39, 0.29) is 29.9 Å². The van der Waals surface area contributed by atoms with Crippen molar-refractivity contribution in [3.8, 4) is 5.75 Å². The molecular weight excluding hydrogens is 529 g/mol. The number of carbonyl (C=O) groups is 1. The number of nitrogens with zero attached hydrogens (tertiary/aromatic N) is 3. The van der Waals surface area contributed by atoms with Crippen LogP contribution in [0, 0.1) is 5.92 Å². The predicted molar refractivity (Wildman–Crippen MR) is 146 cm³/mol. The van der Waals surface area contributed by atoms with Gasteiger partial charge in [-0.1, -0.05) is 18.2 Å². The van der Waals surface area contributed by atoms with Crippen molar-refractivity contribution >= 4 is 41.5 Å². The first-order valence-electron chi connectivity index (χ1n) is 11.1. The second-order valence-corrected chi connectivity index (χ2v) is 8.33. The average Bonchev–Trinajstić information content (AvgIpc) is 3.30. The molecular formula is C25H36IN5O2. The van der Waals surface area contributed by atoms with Crippen molar-refractivity contribution in [2.75, 3.05) is 59.3 Å². The van der Waals surface area contributed by atoms with Crippen LogP contribution in [-0.2, 0) is 6.42 Å². The highest BCUT2D eigenvalue weighted by atomic mass is 127. The summed E-state index contributed by atoms with van der Waals surface area (Å²) in [7, 11) is 7.04. The zero-order valence-electron chi connectivity index (χ0n) is 20.0. The van der Waals surface area contributed by atoms with Crippen LogP contribution in [0.1, 0.15) is 22.3 Å². The lowest BCUT2D eigenvalue weighted by Crippen LogP contribution is -2.41. The Morgan fingerprint density at radius 1 is 1.18 bits per heavy atom. The summed E-state index contributed by atoms with van der Waals surface area (Å²) >= 11 is 0. The van der Waals surface area contributed by atoms with Crippen LogP contribution >= 0.6 is 24.0 Å². The number of hydrogen-bond donors (Lipinski definition) is 2. The van der Waals surface area contributed by atoms with Gasteiger partial charge in [-0.3, -0.25) is 9.79 Å². The number of benzene rings is 2. The summed E-state index contributed by atoms with van der Waals surface area (Å²) in [6, 6.07) is 16.1. The number of methoxy groups -OCH3 is 1. The summed E-state index contributed by atoms with van der Waals surface area (Å²) in [6.07, 6.45) is 1.97.